The molecule has 0 saturated carbocycles. The van der Waals surface area contributed by atoms with Crippen LogP contribution in [0.4, 0.5) is 10.1 Å². The number of nitrogens with zero attached hydrogens (tertiary/aromatic N) is 4. The summed E-state index contributed by atoms with van der Waals surface area (Å²) in [6.45, 7) is 14.0. The Morgan fingerprint density at radius 2 is 1.73 bits per heavy atom. The molecule has 1 N–H and O–H groups in total. The predicted molar refractivity (Wildman–Crippen MR) is 174 cm³/mol. The van der Waals surface area contributed by atoms with Crippen molar-refractivity contribution in [3.05, 3.63) is 89.9 Å². The van der Waals surface area contributed by atoms with E-state index in [1.807, 2.05) is 62.7 Å². The molecule has 0 radical (unpaired) electrons. The van der Waals surface area contributed by atoms with Gasteiger partial charge in [-0.15, -0.1) is 0 Å². The van der Waals surface area contributed by atoms with E-state index in [9.17, 15) is 14.3 Å². The number of aromatic nitrogens is 3. The van der Waals surface area contributed by atoms with Crippen LogP contribution in [0, 0.1) is 18.2 Å². The van der Waals surface area contributed by atoms with Gasteiger partial charge >= 0.3 is 5.97 Å². The number of piperidine rings is 1. The van der Waals surface area contributed by atoms with Gasteiger partial charge in [-0.3, -0.25) is 4.57 Å². The highest BCUT2D eigenvalue weighted by molar-refractivity contribution is 5.90. The lowest BCUT2D eigenvalue weighted by atomic mass is 9.82. The molecule has 1 atom stereocenters. The molecule has 45 heavy (non-hydrogen) atoms. The van der Waals surface area contributed by atoms with E-state index in [-0.39, 0.29) is 11.2 Å². The Morgan fingerprint density at radius 3 is 2.31 bits per heavy atom. The summed E-state index contributed by atoms with van der Waals surface area (Å²) in [6, 6.07) is 14.2. The minimum atomic E-state index is -1.22. The Labute approximate surface area is 264 Å². The Kier molecular flexibility index (Phi) is 9.30. The molecule has 3 heterocycles. The zero-order valence-electron chi connectivity index (χ0n) is 27.0. The molecule has 0 bridgehead atoms. The van der Waals surface area contributed by atoms with E-state index in [0.29, 0.717) is 35.9 Å². The number of halogens is 1. The summed E-state index contributed by atoms with van der Waals surface area (Å²) in [5.74, 6) is 0.0514. The highest BCUT2D eigenvalue weighted by atomic mass is 19.1. The third-order valence-electron chi connectivity index (χ3n) is 8.23. The zero-order chi connectivity index (χ0) is 32.4. The molecular formula is C36H43FN4O4. The van der Waals surface area contributed by atoms with Gasteiger partial charge in [0.05, 0.1) is 17.9 Å². The molecule has 1 aliphatic heterocycles. The molecule has 0 spiro atoms. The number of carboxylic acids is 1. The first-order chi connectivity index (χ1) is 21.3. The molecule has 0 unspecified atom stereocenters. The van der Waals surface area contributed by atoms with Crippen molar-refractivity contribution >= 4 is 11.7 Å². The van der Waals surface area contributed by atoms with Crippen LogP contribution in [0.1, 0.15) is 70.4 Å². The van der Waals surface area contributed by atoms with Gasteiger partial charge in [0, 0.05) is 48.7 Å². The summed E-state index contributed by atoms with van der Waals surface area (Å²) in [7, 11) is 0. The van der Waals surface area contributed by atoms with Gasteiger partial charge in [-0.2, -0.15) is 0 Å². The molecule has 5 rings (SSSR count). The minimum Gasteiger partial charge on any atom is -0.493 e. The lowest BCUT2D eigenvalue weighted by molar-refractivity contribution is -0.160. The zero-order valence-corrected chi connectivity index (χ0v) is 27.0. The van der Waals surface area contributed by atoms with Crippen molar-refractivity contribution in [2.45, 2.75) is 72.5 Å². The molecule has 1 aliphatic rings. The molecule has 0 amide bonds. The largest absolute Gasteiger partial charge is 0.493 e. The Hall–Kier alpha value is -4.24. The van der Waals surface area contributed by atoms with Gasteiger partial charge in [-0.25, -0.2) is 19.2 Å². The molecule has 0 aliphatic carbocycles. The molecule has 2 aromatic heterocycles. The number of carboxylic acid groups (broad SMARTS) is 1. The van der Waals surface area contributed by atoms with E-state index in [4.69, 9.17) is 14.5 Å². The maximum atomic E-state index is 13.3. The molecular weight excluding hydrogens is 571 g/mol. The van der Waals surface area contributed by atoms with Crippen LogP contribution < -0.4 is 9.64 Å². The van der Waals surface area contributed by atoms with Gasteiger partial charge in [-0.05, 0) is 81.3 Å². The molecule has 1 fully saturated rings. The number of imidazole rings is 1. The number of carbonyl (C=O) groups is 1. The van der Waals surface area contributed by atoms with E-state index < -0.39 is 17.7 Å². The van der Waals surface area contributed by atoms with Crippen molar-refractivity contribution < 1.29 is 23.8 Å². The van der Waals surface area contributed by atoms with Gasteiger partial charge in [0.2, 0.25) is 0 Å². The number of rotatable bonds is 10. The third kappa shape index (κ3) is 7.71. The summed E-state index contributed by atoms with van der Waals surface area (Å²) < 4.78 is 27.4. The number of pyridine rings is 1. The van der Waals surface area contributed by atoms with Gasteiger partial charge in [0.15, 0.2) is 6.10 Å². The monoisotopic (exact) mass is 614 g/mol. The number of aryl methyl sites for hydroxylation is 1. The van der Waals surface area contributed by atoms with Crippen molar-refractivity contribution in [1.29, 1.82) is 0 Å². The lowest BCUT2D eigenvalue weighted by Gasteiger charge is -2.41. The van der Waals surface area contributed by atoms with E-state index in [1.54, 1.807) is 24.7 Å². The van der Waals surface area contributed by atoms with Crippen LogP contribution in [0.25, 0.3) is 16.9 Å². The second kappa shape index (κ2) is 13.0. The van der Waals surface area contributed by atoms with Crippen molar-refractivity contribution in [1.82, 2.24) is 14.5 Å². The van der Waals surface area contributed by atoms with Gasteiger partial charge < -0.3 is 19.5 Å². The average molecular weight is 615 g/mol. The quantitative estimate of drug-likeness (QED) is 0.197. The SMILES string of the molecule is Cc1nc(-n2ccnc2)c(-c2ccc(OCCc3ccc(F)cc3)cc2)c(N2CCC(C)(C)CC2)c1[C@H](OC(C)(C)C)C(=O)O. The fraction of sp³-hybridized carbons (Fsp3) is 0.417. The van der Waals surface area contributed by atoms with Crippen molar-refractivity contribution in [3.63, 3.8) is 0 Å². The summed E-state index contributed by atoms with van der Waals surface area (Å²) >= 11 is 0. The van der Waals surface area contributed by atoms with Gasteiger partial charge in [0.1, 0.15) is 23.7 Å². The second-order valence-corrected chi connectivity index (χ2v) is 13.5. The number of hydrogen-bond acceptors (Lipinski definition) is 6. The number of benzene rings is 2. The van der Waals surface area contributed by atoms with Crippen LogP contribution >= 0.6 is 0 Å². The second-order valence-electron chi connectivity index (χ2n) is 13.5. The van der Waals surface area contributed by atoms with Gasteiger partial charge in [-0.1, -0.05) is 38.1 Å². The molecule has 238 valence electrons. The summed E-state index contributed by atoms with van der Waals surface area (Å²) in [6.07, 6.45) is 6.63. The standard InChI is InChI=1S/C36H43FN4O4/c1-24-29(32(34(42)43)45-35(2,3)4)31(40-19-16-36(5,6)17-20-40)30(33(39-24)41-21-18-38-23-41)26-9-13-28(14-10-26)44-22-15-25-7-11-27(37)12-8-25/h7-14,18,21,23,32H,15-17,19-20,22H2,1-6H3,(H,42,43)/t32-/m0/s1. The third-order valence-corrected chi connectivity index (χ3v) is 8.23. The first kappa shape index (κ1) is 32.2. The summed E-state index contributed by atoms with van der Waals surface area (Å²) in [4.78, 5) is 24.5. The van der Waals surface area contributed by atoms with Gasteiger partial charge in [0.25, 0.3) is 0 Å². The summed E-state index contributed by atoms with van der Waals surface area (Å²) in [5, 5.41) is 10.5. The van der Waals surface area contributed by atoms with E-state index in [1.165, 1.54) is 12.1 Å². The fourth-order valence-corrected chi connectivity index (χ4v) is 5.74. The normalized spacial score (nSPS) is 15.6. The van der Waals surface area contributed by atoms with Crippen molar-refractivity contribution in [3.8, 4) is 22.7 Å². The number of anilines is 1. The van der Waals surface area contributed by atoms with Crippen LogP contribution in [-0.4, -0.2) is 50.9 Å². The fourth-order valence-electron chi connectivity index (χ4n) is 5.74. The maximum absolute atomic E-state index is 13.3. The highest BCUT2D eigenvalue weighted by Crippen LogP contribution is 2.46. The number of ether oxygens (including phenoxy) is 2. The average Bonchev–Trinajstić information content (AvgIpc) is 3.52. The van der Waals surface area contributed by atoms with E-state index in [0.717, 1.165) is 48.3 Å². The molecule has 4 aromatic rings. The highest BCUT2D eigenvalue weighted by Gasteiger charge is 2.37. The molecule has 1 saturated heterocycles. The van der Waals surface area contributed by atoms with Crippen LogP contribution in [-0.2, 0) is 16.0 Å². The van der Waals surface area contributed by atoms with E-state index in [2.05, 4.69) is 23.7 Å². The predicted octanol–water partition coefficient (Wildman–Crippen LogP) is 7.57. The number of aliphatic carboxylic acids is 1. The topological polar surface area (TPSA) is 89.7 Å². The van der Waals surface area contributed by atoms with Crippen molar-refractivity contribution in [2.75, 3.05) is 24.6 Å². The van der Waals surface area contributed by atoms with Crippen LogP contribution in [0.15, 0.2) is 67.3 Å². The van der Waals surface area contributed by atoms with Crippen LogP contribution in [0.3, 0.4) is 0 Å². The minimum absolute atomic E-state index is 0.188. The lowest BCUT2D eigenvalue weighted by Crippen LogP contribution is -2.39. The first-order valence-corrected chi connectivity index (χ1v) is 15.5. The smallest absolute Gasteiger partial charge is 0.337 e. The van der Waals surface area contributed by atoms with Crippen molar-refractivity contribution in [2.24, 2.45) is 5.41 Å². The number of hydrogen-bond donors (Lipinski definition) is 1. The maximum Gasteiger partial charge on any atom is 0.337 e. The molecule has 8 nitrogen and oxygen atoms in total. The molecule has 9 heteroatoms. The first-order valence-electron chi connectivity index (χ1n) is 15.5. The Bertz CT molecular complexity index is 1600. The summed E-state index contributed by atoms with van der Waals surface area (Å²) in [5.41, 5.74) is 4.16. The Morgan fingerprint density at radius 1 is 1.07 bits per heavy atom. The van der Waals surface area contributed by atoms with Crippen LogP contribution in [0.5, 0.6) is 5.75 Å². The van der Waals surface area contributed by atoms with E-state index >= 15 is 0 Å². The molecule has 2 aromatic carbocycles. The Balaban J connectivity index is 1.61. The van der Waals surface area contributed by atoms with Crippen LogP contribution in [0.2, 0.25) is 0 Å².